The number of pyridine rings is 1. The van der Waals surface area contributed by atoms with Crippen molar-refractivity contribution in [2.75, 3.05) is 32.6 Å². The zero-order chi connectivity index (χ0) is 23.1. The van der Waals surface area contributed by atoms with Crippen LogP contribution in [0, 0.1) is 0 Å². The molecule has 0 aliphatic rings. The maximum Gasteiger partial charge on any atom is 0.251 e. The van der Waals surface area contributed by atoms with E-state index in [1.165, 1.54) is 4.90 Å². The minimum Gasteiger partial charge on any atom is -0.362 e. The van der Waals surface area contributed by atoms with Gasteiger partial charge in [-0.15, -0.1) is 0 Å². The van der Waals surface area contributed by atoms with Crippen molar-refractivity contribution in [3.8, 4) is 0 Å². The van der Waals surface area contributed by atoms with Gasteiger partial charge in [-0.3, -0.25) is 19.4 Å². The van der Waals surface area contributed by atoms with E-state index in [2.05, 4.69) is 15.6 Å². The number of amides is 3. The van der Waals surface area contributed by atoms with Crippen molar-refractivity contribution >= 4 is 45.8 Å². The van der Waals surface area contributed by atoms with Gasteiger partial charge in [0.2, 0.25) is 11.8 Å². The molecule has 1 unspecified atom stereocenters. The normalized spacial score (nSPS) is 11.6. The number of benzene rings is 2. The second-order valence-electron chi connectivity index (χ2n) is 7.23. The van der Waals surface area contributed by atoms with Crippen LogP contribution in [0.1, 0.15) is 11.6 Å². The molecule has 0 saturated heterocycles. The average molecular weight is 455 g/mol. The molecule has 3 amide bonds. The summed E-state index contributed by atoms with van der Waals surface area (Å²) in [7, 11) is 3.18. The molecule has 3 rings (SSSR count). The Bertz CT molecular complexity index is 1130. The summed E-state index contributed by atoms with van der Waals surface area (Å²) in [6.45, 7) is -0.615. The number of halogens is 1. The topological polar surface area (TPSA) is 101 Å². The van der Waals surface area contributed by atoms with Crippen LogP contribution < -0.4 is 10.6 Å². The van der Waals surface area contributed by atoms with Crippen LogP contribution in [0.2, 0.25) is 5.02 Å². The standard InChI is InChI=1S/C23H23ClN4O4/c1-28(2)21(30)14-32-13-20(29)27-22(15-7-5-8-17(24)10-15)23(31)26-19-12-25-11-16-6-3-4-9-18(16)19/h3-12,22H,13-14H2,1-2H3,(H,26,31)(H,27,29). The molecule has 1 aromatic heterocycles. The lowest BCUT2D eigenvalue weighted by molar-refractivity contribution is -0.137. The second-order valence-corrected chi connectivity index (χ2v) is 7.67. The summed E-state index contributed by atoms with van der Waals surface area (Å²) in [5.74, 6) is -1.29. The molecule has 0 bridgehead atoms. The summed E-state index contributed by atoms with van der Waals surface area (Å²) in [6.07, 6.45) is 3.25. The fourth-order valence-electron chi connectivity index (χ4n) is 2.97. The monoisotopic (exact) mass is 454 g/mol. The lowest BCUT2D eigenvalue weighted by atomic mass is 10.1. The van der Waals surface area contributed by atoms with Crippen LogP contribution in [0.5, 0.6) is 0 Å². The molecule has 0 aliphatic carbocycles. The highest BCUT2D eigenvalue weighted by atomic mass is 35.5. The molecular formula is C23H23ClN4O4. The third kappa shape index (κ3) is 6.03. The Balaban J connectivity index is 1.77. The molecule has 1 atom stereocenters. The van der Waals surface area contributed by atoms with Gasteiger partial charge in [0.25, 0.3) is 5.91 Å². The average Bonchev–Trinajstić information content (AvgIpc) is 2.77. The molecule has 0 fully saturated rings. The Hall–Kier alpha value is -3.49. The molecule has 0 saturated carbocycles. The third-order valence-electron chi connectivity index (χ3n) is 4.63. The molecule has 1 heterocycles. The number of hydrogen-bond donors (Lipinski definition) is 2. The quantitative estimate of drug-likeness (QED) is 0.545. The number of fused-ring (bicyclic) bond motifs is 1. The summed E-state index contributed by atoms with van der Waals surface area (Å²) < 4.78 is 5.16. The van der Waals surface area contributed by atoms with E-state index >= 15 is 0 Å². The van der Waals surface area contributed by atoms with Crippen LogP contribution in [0.4, 0.5) is 5.69 Å². The minimum absolute atomic E-state index is 0.240. The molecule has 8 nitrogen and oxygen atoms in total. The zero-order valence-corrected chi connectivity index (χ0v) is 18.4. The Morgan fingerprint density at radius 2 is 1.84 bits per heavy atom. The maximum absolute atomic E-state index is 13.2. The Kier molecular flexibility index (Phi) is 7.75. The van der Waals surface area contributed by atoms with Gasteiger partial charge in [0.15, 0.2) is 0 Å². The smallest absolute Gasteiger partial charge is 0.251 e. The zero-order valence-electron chi connectivity index (χ0n) is 17.7. The van der Waals surface area contributed by atoms with Gasteiger partial charge in [0, 0.05) is 36.1 Å². The number of aromatic nitrogens is 1. The van der Waals surface area contributed by atoms with Gasteiger partial charge in [-0.05, 0) is 17.7 Å². The highest BCUT2D eigenvalue weighted by Crippen LogP contribution is 2.24. The summed E-state index contributed by atoms with van der Waals surface area (Å²) >= 11 is 6.10. The number of nitrogens with zero attached hydrogens (tertiary/aromatic N) is 2. The molecule has 0 aliphatic heterocycles. The molecule has 166 valence electrons. The fraction of sp³-hybridized carbons (Fsp3) is 0.217. The van der Waals surface area contributed by atoms with Crippen molar-refractivity contribution in [2.45, 2.75) is 6.04 Å². The van der Waals surface area contributed by atoms with E-state index in [-0.39, 0.29) is 19.1 Å². The van der Waals surface area contributed by atoms with Crippen molar-refractivity contribution < 1.29 is 19.1 Å². The highest BCUT2D eigenvalue weighted by Gasteiger charge is 2.24. The molecule has 0 spiro atoms. The van der Waals surface area contributed by atoms with Crippen LogP contribution >= 0.6 is 11.6 Å². The largest absolute Gasteiger partial charge is 0.362 e. The number of hydrogen-bond acceptors (Lipinski definition) is 5. The second kappa shape index (κ2) is 10.7. The van der Waals surface area contributed by atoms with E-state index in [9.17, 15) is 14.4 Å². The van der Waals surface area contributed by atoms with E-state index in [4.69, 9.17) is 16.3 Å². The molecule has 0 radical (unpaired) electrons. The van der Waals surface area contributed by atoms with Crippen LogP contribution in [-0.2, 0) is 19.1 Å². The third-order valence-corrected chi connectivity index (χ3v) is 4.87. The SMILES string of the molecule is CN(C)C(=O)COCC(=O)NC(C(=O)Nc1cncc2ccccc12)c1cccc(Cl)c1. The molecule has 2 aromatic carbocycles. The number of anilines is 1. The summed E-state index contributed by atoms with van der Waals surface area (Å²) in [4.78, 5) is 42.8. The number of ether oxygens (including phenoxy) is 1. The number of likely N-dealkylation sites (N-methyl/N-ethyl adjacent to an activating group) is 1. The molecular weight excluding hydrogens is 432 g/mol. The molecule has 9 heteroatoms. The van der Waals surface area contributed by atoms with Crippen LogP contribution in [0.3, 0.4) is 0 Å². The Morgan fingerprint density at radius 1 is 1.06 bits per heavy atom. The number of rotatable bonds is 8. The minimum atomic E-state index is -1.03. The van der Waals surface area contributed by atoms with Gasteiger partial charge in [-0.25, -0.2) is 0 Å². The van der Waals surface area contributed by atoms with Gasteiger partial charge < -0.3 is 20.3 Å². The van der Waals surface area contributed by atoms with Crippen molar-refractivity contribution in [1.29, 1.82) is 0 Å². The van der Waals surface area contributed by atoms with E-state index in [1.807, 2.05) is 24.3 Å². The van der Waals surface area contributed by atoms with Gasteiger partial charge >= 0.3 is 0 Å². The molecule has 2 N–H and O–H groups in total. The lowest BCUT2D eigenvalue weighted by Crippen LogP contribution is -2.39. The van der Waals surface area contributed by atoms with Gasteiger partial charge in [0.1, 0.15) is 19.3 Å². The Morgan fingerprint density at radius 3 is 2.59 bits per heavy atom. The first-order chi connectivity index (χ1) is 15.3. The van der Waals surface area contributed by atoms with Gasteiger partial charge in [0.05, 0.1) is 11.9 Å². The molecule has 3 aromatic rings. The first kappa shape index (κ1) is 23.2. The van der Waals surface area contributed by atoms with E-state index in [0.29, 0.717) is 16.3 Å². The van der Waals surface area contributed by atoms with Crippen LogP contribution in [-0.4, -0.2) is 54.9 Å². The molecule has 32 heavy (non-hydrogen) atoms. The Labute approximate surface area is 190 Å². The predicted octanol–water partition coefficient (Wildman–Crippen LogP) is 2.79. The van der Waals surface area contributed by atoms with Gasteiger partial charge in [-0.2, -0.15) is 0 Å². The van der Waals surface area contributed by atoms with Crippen LogP contribution in [0.15, 0.2) is 60.9 Å². The fourth-order valence-corrected chi connectivity index (χ4v) is 3.17. The number of carbonyl (C=O) groups is 3. The van der Waals surface area contributed by atoms with Crippen molar-refractivity contribution in [3.63, 3.8) is 0 Å². The predicted molar refractivity (Wildman–Crippen MR) is 122 cm³/mol. The van der Waals surface area contributed by atoms with E-state index in [1.54, 1.807) is 50.8 Å². The van der Waals surface area contributed by atoms with Gasteiger partial charge in [-0.1, -0.05) is 48.0 Å². The summed E-state index contributed by atoms with van der Waals surface area (Å²) in [5.41, 5.74) is 1.02. The summed E-state index contributed by atoms with van der Waals surface area (Å²) in [6, 6.07) is 13.1. The van der Waals surface area contributed by atoms with Crippen molar-refractivity contribution in [1.82, 2.24) is 15.2 Å². The highest BCUT2D eigenvalue weighted by molar-refractivity contribution is 6.30. The first-order valence-electron chi connectivity index (χ1n) is 9.81. The first-order valence-corrected chi connectivity index (χ1v) is 10.2. The summed E-state index contributed by atoms with van der Waals surface area (Å²) in [5, 5.41) is 7.60. The van der Waals surface area contributed by atoms with Crippen molar-refractivity contribution in [2.24, 2.45) is 0 Å². The van der Waals surface area contributed by atoms with Crippen LogP contribution in [0.25, 0.3) is 10.8 Å². The van der Waals surface area contributed by atoms with E-state index in [0.717, 1.165) is 10.8 Å². The lowest BCUT2D eigenvalue weighted by Gasteiger charge is -2.20. The van der Waals surface area contributed by atoms with E-state index < -0.39 is 17.9 Å². The number of nitrogens with one attached hydrogen (secondary N) is 2. The number of carbonyl (C=O) groups excluding carboxylic acids is 3. The van der Waals surface area contributed by atoms with Crippen molar-refractivity contribution in [3.05, 3.63) is 71.5 Å². The maximum atomic E-state index is 13.2.